The van der Waals surface area contributed by atoms with E-state index in [0.717, 1.165) is 17.9 Å². The van der Waals surface area contributed by atoms with Gasteiger partial charge in [0.2, 0.25) is 0 Å². The first kappa shape index (κ1) is 12.7. The maximum absolute atomic E-state index is 6.05. The Hall–Kier alpha value is -1.31. The van der Waals surface area contributed by atoms with Crippen LogP contribution in [0.25, 0.3) is 0 Å². The molecule has 2 atom stereocenters. The molecule has 2 aromatic rings. The molecule has 0 saturated heterocycles. The summed E-state index contributed by atoms with van der Waals surface area (Å²) in [7, 11) is 0. The summed E-state index contributed by atoms with van der Waals surface area (Å²) in [5, 5.41) is 4.56. The smallest absolute Gasteiger partial charge is 0.0408 e. The second-order valence-corrected chi connectivity index (χ2v) is 5.75. The summed E-state index contributed by atoms with van der Waals surface area (Å²) in [6.45, 7) is 2.23. The van der Waals surface area contributed by atoms with Gasteiger partial charge in [-0.1, -0.05) is 48.0 Å². The minimum absolute atomic E-state index is 0.385. The van der Waals surface area contributed by atoms with Crippen LogP contribution in [0.1, 0.15) is 29.7 Å². The lowest BCUT2D eigenvalue weighted by Crippen LogP contribution is -2.31. The monoisotopic (exact) mass is 271 g/mol. The molecule has 0 bridgehead atoms. The molecule has 0 aromatic heterocycles. The van der Waals surface area contributed by atoms with E-state index in [4.69, 9.17) is 11.6 Å². The molecule has 2 heteroatoms. The van der Waals surface area contributed by atoms with Crippen molar-refractivity contribution in [2.45, 2.75) is 31.8 Å². The molecule has 2 unspecified atom stereocenters. The molecule has 0 spiro atoms. The standard InChI is InChI=1S/C17H18ClN/c1-12(13-5-3-2-4-6-13)19-17-10-14-7-8-16(18)9-15(14)11-17/h2-9,12,17,19H,10-11H2,1H3. The Morgan fingerprint density at radius 3 is 2.58 bits per heavy atom. The first-order valence-electron chi connectivity index (χ1n) is 6.80. The number of benzene rings is 2. The number of hydrogen-bond donors (Lipinski definition) is 1. The molecule has 0 amide bonds. The molecular weight excluding hydrogens is 254 g/mol. The molecule has 0 fully saturated rings. The number of hydrogen-bond acceptors (Lipinski definition) is 1. The van der Waals surface area contributed by atoms with E-state index in [0.29, 0.717) is 12.1 Å². The van der Waals surface area contributed by atoms with E-state index in [1.807, 2.05) is 6.07 Å². The molecule has 1 N–H and O–H groups in total. The topological polar surface area (TPSA) is 12.0 Å². The van der Waals surface area contributed by atoms with Crippen molar-refractivity contribution in [3.8, 4) is 0 Å². The van der Waals surface area contributed by atoms with Gasteiger partial charge in [-0.2, -0.15) is 0 Å². The Morgan fingerprint density at radius 1 is 1.05 bits per heavy atom. The van der Waals surface area contributed by atoms with Crippen LogP contribution in [0, 0.1) is 0 Å². The summed E-state index contributed by atoms with van der Waals surface area (Å²) < 4.78 is 0. The summed E-state index contributed by atoms with van der Waals surface area (Å²) in [4.78, 5) is 0. The molecule has 0 radical (unpaired) electrons. The minimum atomic E-state index is 0.385. The lowest BCUT2D eigenvalue weighted by atomic mass is 10.1. The lowest BCUT2D eigenvalue weighted by molar-refractivity contribution is 0.467. The van der Waals surface area contributed by atoms with E-state index in [-0.39, 0.29) is 0 Å². The van der Waals surface area contributed by atoms with Crippen LogP contribution in [0.3, 0.4) is 0 Å². The van der Waals surface area contributed by atoms with Gasteiger partial charge in [0, 0.05) is 17.1 Å². The van der Waals surface area contributed by atoms with Crippen molar-refractivity contribution >= 4 is 11.6 Å². The third-order valence-corrected chi connectivity index (χ3v) is 4.12. The van der Waals surface area contributed by atoms with E-state index in [1.54, 1.807) is 0 Å². The van der Waals surface area contributed by atoms with Gasteiger partial charge in [-0.25, -0.2) is 0 Å². The van der Waals surface area contributed by atoms with E-state index in [2.05, 4.69) is 54.7 Å². The lowest BCUT2D eigenvalue weighted by Gasteiger charge is -2.19. The van der Waals surface area contributed by atoms with Crippen LogP contribution in [-0.4, -0.2) is 6.04 Å². The average molecular weight is 272 g/mol. The minimum Gasteiger partial charge on any atom is -0.307 e. The summed E-state index contributed by atoms with van der Waals surface area (Å²) >= 11 is 6.05. The van der Waals surface area contributed by atoms with Gasteiger partial charge in [0.15, 0.2) is 0 Å². The molecule has 98 valence electrons. The first-order chi connectivity index (χ1) is 9.22. The van der Waals surface area contributed by atoms with Gasteiger partial charge in [-0.3, -0.25) is 0 Å². The van der Waals surface area contributed by atoms with Crippen molar-refractivity contribution in [3.63, 3.8) is 0 Å². The van der Waals surface area contributed by atoms with Crippen LogP contribution >= 0.6 is 11.6 Å². The predicted molar refractivity (Wildman–Crippen MR) is 80.6 cm³/mol. The normalized spacial score (nSPS) is 19.2. The zero-order valence-corrected chi connectivity index (χ0v) is 11.8. The summed E-state index contributed by atoms with van der Waals surface area (Å²) in [5.74, 6) is 0. The highest BCUT2D eigenvalue weighted by molar-refractivity contribution is 6.30. The number of halogens is 1. The Balaban J connectivity index is 1.67. The second-order valence-electron chi connectivity index (χ2n) is 5.32. The molecule has 1 nitrogen and oxygen atoms in total. The fraction of sp³-hybridized carbons (Fsp3) is 0.294. The number of fused-ring (bicyclic) bond motifs is 1. The summed E-state index contributed by atoms with van der Waals surface area (Å²) in [5.41, 5.74) is 4.17. The average Bonchev–Trinajstić information content (AvgIpc) is 2.81. The van der Waals surface area contributed by atoms with E-state index < -0.39 is 0 Å². The highest BCUT2D eigenvalue weighted by Gasteiger charge is 2.22. The highest BCUT2D eigenvalue weighted by Crippen LogP contribution is 2.26. The fourth-order valence-electron chi connectivity index (χ4n) is 2.90. The van der Waals surface area contributed by atoms with Gasteiger partial charge in [0.25, 0.3) is 0 Å². The van der Waals surface area contributed by atoms with Gasteiger partial charge >= 0.3 is 0 Å². The van der Waals surface area contributed by atoms with E-state index in [1.165, 1.54) is 16.7 Å². The highest BCUT2D eigenvalue weighted by atomic mass is 35.5. The van der Waals surface area contributed by atoms with Gasteiger partial charge in [0.1, 0.15) is 0 Å². The Kier molecular flexibility index (Phi) is 3.58. The molecule has 2 aromatic carbocycles. The summed E-state index contributed by atoms with van der Waals surface area (Å²) in [6.07, 6.45) is 2.18. The molecule has 19 heavy (non-hydrogen) atoms. The Labute approximate surface area is 119 Å². The molecule has 0 aliphatic heterocycles. The predicted octanol–water partition coefficient (Wildman–Crippen LogP) is 4.16. The zero-order valence-electron chi connectivity index (χ0n) is 11.1. The van der Waals surface area contributed by atoms with Crippen LogP contribution in [0.2, 0.25) is 5.02 Å². The van der Waals surface area contributed by atoms with Crippen LogP contribution in [-0.2, 0) is 12.8 Å². The second kappa shape index (κ2) is 5.36. The van der Waals surface area contributed by atoms with Crippen molar-refractivity contribution in [3.05, 3.63) is 70.2 Å². The molecule has 1 aliphatic rings. The number of rotatable bonds is 3. The zero-order chi connectivity index (χ0) is 13.2. The van der Waals surface area contributed by atoms with Crippen molar-refractivity contribution < 1.29 is 0 Å². The maximum Gasteiger partial charge on any atom is 0.0408 e. The van der Waals surface area contributed by atoms with Crippen molar-refractivity contribution in [1.82, 2.24) is 5.32 Å². The Morgan fingerprint density at radius 2 is 1.79 bits per heavy atom. The van der Waals surface area contributed by atoms with Crippen molar-refractivity contribution in [2.24, 2.45) is 0 Å². The van der Waals surface area contributed by atoms with Crippen LogP contribution < -0.4 is 5.32 Å². The SMILES string of the molecule is CC(NC1Cc2ccc(Cl)cc2C1)c1ccccc1. The molecule has 3 rings (SSSR count). The third-order valence-electron chi connectivity index (χ3n) is 3.89. The van der Waals surface area contributed by atoms with Crippen LogP contribution in [0.4, 0.5) is 0 Å². The maximum atomic E-state index is 6.05. The van der Waals surface area contributed by atoms with E-state index in [9.17, 15) is 0 Å². The fourth-order valence-corrected chi connectivity index (χ4v) is 3.09. The van der Waals surface area contributed by atoms with E-state index >= 15 is 0 Å². The number of nitrogens with one attached hydrogen (secondary N) is 1. The van der Waals surface area contributed by atoms with Gasteiger partial charge in [0.05, 0.1) is 0 Å². The van der Waals surface area contributed by atoms with Crippen molar-refractivity contribution in [2.75, 3.05) is 0 Å². The Bertz CT molecular complexity index is 565. The quantitative estimate of drug-likeness (QED) is 0.884. The molecule has 1 aliphatic carbocycles. The third kappa shape index (κ3) is 2.83. The van der Waals surface area contributed by atoms with Crippen LogP contribution in [0.15, 0.2) is 48.5 Å². The summed E-state index contributed by atoms with van der Waals surface area (Å²) in [6, 6.07) is 17.8. The van der Waals surface area contributed by atoms with Crippen molar-refractivity contribution in [1.29, 1.82) is 0 Å². The van der Waals surface area contributed by atoms with Gasteiger partial charge < -0.3 is 5.32 Å². The first-order valence-corrected chi connectivity index (χ1v) is 7.18. The van der Waals surface area contributed by atoms with Gasteiger partial charge in [-0.05, 0) is 48.6 Å². The largest absolute Gasteiger partial charge is 0.307 e. The molecular formula is C17H18ClN. The van der Waals surface area contributed by atoms with Gasteiger partial charge in [-0.15, -0.1) is 0 Å². The van der Waals surface area contributed by atoms with Crippen LogP contribution in [0.5, 0.6) is 0 Å². The molecule has 0 saturated carbocycles. The molecule has 0 heterocycles.